The van der Waals surface area contributed by atoms with Crippen LogP contribution in [0.25, 0.3) is 0 Å². The molecule has 2 nitrogen and oxygen atoms in total. The summed E-state index contributed by atoms with van der Waals surface area (Å²) in [5, 5.41) is 0. The Balaban J connectivity index is 1.72. The largest absolute Gasteiger partial charge is 0.374 e. The summed E-state index contributed by atoms with van der Waals surface area (Å²) in [4.78, 5) is 2.43. The minimum Gasteiger partial charge on any atom is -0.374 e. The highest BCUT2D eigenvalue weighted by atomic mass is 15.1. The molecule has 2 aliphatic carbocycles. The molecule has 2 saturated carbocycles. The molecule has 2 heteroatoms. The minimum atomic E-state index is 0.110. The van der Waals surface area contributed by atoms with E-state index >= 15 is 0 Å². The fraction of sp³-hybridized carbons (Fsp3) is 0.647. The summed E-state index contributed by atoms with van der Waals surface area (Å²) < 4.78 is 0. The lowest BCUT2D eigenvalue weighted by molar-refractivity contribution is 0.337. The van der Waals surface area contributed by atoms with Gasteiger partial charge < -0.3 is 10.6 Å². The summed E-state index contributed by atoms with van der Waals surface area (Å²) in [6.45, 7) is 3.27. The number of fused-ring (bicyclic) bond motifs is 2. The Hall–Kier alpha value is -1.02. The van der Waals surface area contributed by atoms with Crippen LogP contribution in [0, 0.1) is 17.8 Å². The zero-order chi connectivity index (χ0) is 13.4. The highest BCUT2D eigenvalue weighted by Gasteiger charge is 2.39. The molecule has 0 heterocycles. The second kappa shape index (κ2) is 5.16. The first-order valence-corrected chi connectivity index (χ1v) is 7.70. The van der Waals surface area contributed by atoms with Crippen LogP contribution in [0.1, 0.15) is 44.2 Å². The smallest absolute Gasteiger partial charge is 0.0412 e. The van der Waals surface area contributed by atoms with Crippen LogP contribution < -0.4 is 10.6 Å². The lowest BCUT2D eigenvalue weighted by Gasteiger charge is -2.30. The Kier molecular flexibility index (Phi) is 3.53. The maximum absolute atomic E-state index is 6.09. The Labute approximate surface area is 117 Å². The van der Waals surface area contributed by atoms with Gasteiger partial charge in [-0.1, -0.05) is 24.6 Å². The minimum absolute atomic E-state index is 0.110. The molecule has 3 rings (SSSR count). The summed E-state index contributed by atoms with van der Waals surface area (Å²) in [5.41, 5.74) is 8.69. The van der Waals surface area contributed by atoms with Crippen LogP contribution in [-0.2, 0) is 0 Å². The van der Waals surface area contributed by atoms with E-state index in [-0.39, 0.29) is 6.04 Å². The van der Waals surface area contributed by atoms with E-state index in [0.717, 1.165) is 17.8 Å². The quantitative estimate of drug-likeness (QED) is 0.894. The molecule has 0 spiro atoms. The number of benzene rings is 1. The molecule has 2 N–H and O–H groups in total. The molecule has 2 bridgehead atoms. The van der Waals surface area contributed by atoms with E-state index in [4.69, 9.17) is 5.73 Å². The lowest BCUT2D eigenvalue weighted by Crippen LogP contribution is -2.29. The summed E-state index contributed by atoms with van der Waals surface area (Å²) in [5.74, 6) is 2.94. The third-order valence-corrected chi connectivity index (χ3v) is 5.23. The topological polar surface area (TPSA) is 29.3 Å². The fourth-order valence-corrected chi connectivity index (χ4v) is 4.27. The van der Waals surface area contributed by atoms with E-state index in [1.165, 1.54) is 43.5 Å². The van der Waals surface area contributed by atoms with Crippen molar-refractivity contribution in [3.8, 4) is 0 Å². The second-order valence-corrected chi connectivity index (χ2v) is 6.66. The van der Waals surface area contributed by atoms with Crippen molar-refractivity contribution in [1.82, 2.24) is 0 Å². The Morgan fingerprint density at radius 3 is 2.68 bits per heavy atom. The third-order valence-electron chi connectivity index (χ3n) is 5.23. The van der Waals surface area contributed by atoms with E-state index in [0.29, 0.717) is 0 Å². The van der Waals surface area contributed by atoms with Gasteiger partial charge in [-0.25, -0.2) is 0 Å². The Morgan fingerprint density at radius 2 is 2.05 bits per heavy atom. The lowest BCUT2D eigenvalue weighted by atomic mass is 9.88. The van der Waals surface area contributed by atoms with Gasteiger partial charge in [-0.3, -0.25) is 0 Å². The summed E-state index contributed by atoms with van der Waals surface area (Å²) in [6, 6.07) is 8.70. The molecule has 1 aromatic carbocycles. The monoisotopic (exact) mass is 258 g/mol. The predicted octanol–water partition coefficient (Wildman–Crippen LogP) is 3.58. The van der Waals surface area contributed by atoms with Crippen molar-refractivity contribution in [3.63, 3.8) is 0 Å². The van der Waals surface area contributed by atoms with Gasteiger partial charge >= 0.3 is 0 Å². The molecule has 2 fully saturated rings. The van der Waals surface area contributed by atoms with Crippen LogP contribution >= 0.6 is 0 Å². The number of nitrogens with zero attached hydrogens (tertiary/aromatic N) is 1. The molecule has 4 unspecified atom stereocenters. The molecular weight excluding hydrogens is 232 g/mol. The molecular formula is C17H26N2. The standard InChI is InChI=1S/C17H26N2/c1-12(18)16-5-3-4-6-17(16)19(2)11-15-10-13-7-8-14(15)9-13/h3-6,12-15H,7-11,18H2,1-2H3. The van der Waals surface area contributed by atoms with E-state index < -0.39 is 0 Å². The first kappa shape index (κ1) is 13.0. The average Bonchev–Trinajstić information content (AvgIpc) is 3.01. The van der Waals surface area contributed by atoms with Crippen molar-refractivity contribution in [1.29, 1.82) is 0 Å². The summed E-state index contributed by atoms with van der Waals surface area (Å²) >= 11 is 0. The van der Waals surface area contributed by atoms with Gasteiger partial charge in [0.05, 0.1) is 0 Å². The van der Waals surface area contributed by atoms with Crippen LogP contribution in [0.15, 0.2) is 24.3 Å². The Morgan fingerprint density at radius 1 is 1.26 bits per heavy atom. The molecule has 4 atom stereocenters. The molecule has 0 radical (unpaired) electrons. The summed E-state index contributed by atoms with van der Waals surface area (Å²) in [7, 11) is 2.23. The van der Waals surface area contributed by atoms with Crippen LogP contribution in [-0.4, -0.2) is 13.6 Å². The van der Waals surface area contributed by atoms with E-state index in [2.05, 4.69) is 43.1 Å². The predicted molar refractivity (Wildman–Crippen MR) is 81.3 cm³/mol. The first-order valence-electron chi connectivity index (χ1n) is 7.70. The maximum atomic E-state index is 6.09. The van der Waals surface area contributed by atoms with Gasteiger partial charge in [0.1, 0.15) is 0 Å². The highest BCUT2D eigenvalue weighted by Crippen LogP contribution is 2.48. The number of hydrogen-bond acceptors (Lipinski definition) is 2. The van der Waals surface area contributed by atoms with Crippen LogP contribution in [0.4, 0.5) is 5.69 Å². The van der Waals surface area contributed by atoms with Crippen LogP contribution in [0.2, 0.25) is 0 Å². The van der Waals surface area contributed by atoms with E-state index in [1.54, 1.807) is 0 Å². The molecule has 104 valence electrons. The molecule has 19 heavy (non-hydrogen) atoms. The van der Waals surface area contributed by atoms with Gasteiger partial charge in [0.25, 0.3) is 0 Å². The van der Waals surface area contributed by atoms with Crippen molar-refractivity contribution in [2.24, 2.45) is 23.5 Å². The molecule has 0 saturated heterocycles. The molecule has 0 amide bonds. The molecule has 0 aliphatic heterocycles. The summed E-state index contributed by atoms with van der Waals surface area (Å²) in [6.07, 6.45) is 5.90. The third kappa shape index (κ3) is 2.51. The maximum Gasteiger partial charge on any atom is 0.0412 e. The van der Waals surface area contributed by atoms with Gasteiger partial charge in [-0.05, 0) is 55.6 Å². The Bertz CT molecular complexity index is 441. The van der Waals surface area contributed by atoms with Gasteiger partial charge in [0.2, 0.25) is 0 Å². The van der Waals surface area contributed by atoms with E-state index in [9.17, 15) is 0 Å². The molecule has 2 aliphatic rings. The second-order valence-electron chi connectivity index (χ2n) is 6.66. The zero-order valence-corrected chi connectivity index (χ0v) is 12.2. The molecule has 0 aromatic heterocycles. The number of para-hydroxylation sites is 1. The van der Waals surface area contributed by atoms with Crippen molar-refractivity contribution < 1.29 is 0 Å². The normalized spacial score (nSPS) is 30.6. The number of anilines is 1. The van der Waals surface area contributed by atoms with Crippen molar-refractivity contribution in [2.45, 2.75) is 38.6 Å². The van der Waals surface area contributed by atoms with Gasteiger partial charge in [0, 0.05) is 25.3 Å². The first-order chi connectivity index (χ1) is 9.15. The van der Waals surface area contributed by atoms with Gasteiger partial charge in [0.15, 0.2) is 0 Å². The highest BCUT2D eigenvalue weighted by molar-refractivity contribution is 5.54. The number of nitrogens with two attached hydrogens (primary N) is 1. The van der Waals surface area contributed by atoms with Crippen molar-refractivity contribution in [3.05, 3.63) is 29.8 Å². The zero-order valence-electron chi connectivity index (χ0n) is 12.2. The number of hydrogen-bond donors (Lipinski definition) is 1. The molecule has 1 aromatic rings. The fourth-order valence-electron chi connectivity index (χ4n) is 4.27. The van der Waals surface area contributed by atoms with Crippen LogP contribution in [0.5, 0.6) is 0 Å². The van der Waals surface area contributed by atoms with Crippen LogP contribution in [0.3, 0.4) is 0 Å². The SMILES string of the molecule is CC(N)c1ccccc1N(C)CC1CC2CCC1C2. The van der Waals surface area contributed by atoms with Crippen molar-refractivity contribution >= 4 is 5.69 Å². The van der Waals surface area contributed by atoms with Gasteiger partial charge in [-0.15, -0.1) is 0 Å². The van der Waals surface area contributed by atoms with E-state index in [1.807, 2.05) is 0 Å². The number of rotatable bonds is 4. The van der Waals surface area contributed by atoms with Gasteiger partial charge in [-0.2, -0.15) is 0 Å². The average molecular weight is 258 g/mol. The van der Waals surface area contributed by atoms with Crippen molar-refractivity contribution in [2.75, 3.05) is 18.5 Å².